The third kappa shape index (κ3) is 5.74. The summed E-state index contributed by atoms with van der Waals surface area (Å²) in [7, 11) is -3.71. The molecule has 1 fully saturated rings. The normalized spacial score (nSPS) is 15.1. The highest BCUT2D eigenvalue weighted by Gasteiger charge is 2.42. The lowest BCUT2D eigenvalue weighted by atomic mass is 9.83. The molecule has 7 nitrogen and oxygen atoms in total. The van der Waals surface area contributed by atoms with E-state index in [1.54, 1.807) is 18.3 Å². The average molecular weight is 485 g/mol. The Morgan fingerprint density at radius 1 is 1.03 bits per heavy atom. The van der Waals surface area contributed by atoms with Gasteiger partial charge in [-0.25, -0.2) is 13.5 Å². The zero-order chi connectivity index (χ0) is 24.6. The van der Waals surface area contributed by atoms with E-state index >= 15 is 0 Å². The zero-order valence-electron chi connectivity index (χ0n) is 19.7. The van der Waals surface area contributed by atoms with Crippen LogP contribution in [0.15, 0.2) is 65.7 Å². The summed E-state index contributed by atoms with van der Waals surface area (Å²) in [5.41, 5.74) is 0.805. The van der Waals surface area contributed by atoms with Crippen molar-refractivity contribution >= 4 is 27.2 Å². The molecule has 0 unspecified atom stereocenters. The number of rotatable bonds is 8. The first-order chi connectivity index (χ1) is 16.4. The standard InChI is InChI=1S/C24H26N2O5S.C2H6/c27-18-26(28)24(13-4-1-5-14-24)17-32(29,30)21-10-8-20(9-11-21)31-16-19-12-15-25-23-7-3-2-6-22(19)23;1-2/h2-3,6-12,15,18,28H,1,4-5,13-14,16-17H2;1-2H3. The molecular weight excluding hydrogens is 452 g/mol. The number of para-hydroxylation sites is 1. The molecule has 1 N–H and O–H groups in total. The van der Waals surface area contributed by atoms with E-state index in [1.807, 2.05) is 44.2 Å². The van der Waals surface area contributed by atoms with E-state index in [-0.39, 0.29) is 10.6 Å². The Bertz CT molecular complexity index is 1180. The summed E-state index contributed by atoms with van der Waals surface area (Å²) < 4.78 is 32.0. The Morgan fingerprint density at radius 2 is 1.71 bits per heavy atom. The molecule has 0 radical (unpaired) electrons. The number of nitrogens with zero attached hydrogens (tertiary/aromatic N) is 2. The number of sulfone groups is 1. The van der Waals surface area contributed by atoms with Gasteiger partial charge in [-0.1, -0.05) is 51.3 Å². The third-order valence-corrected chi connectivity index (χ3v) is 8.05. The van der Waals surface area contributed by atoms with E-state index in [0.29, 0.717) is 36.7 Å². The number of benzene rings is 2. The molecule has 1 aliphatic carbocycles. The fourth-order valence-electron chi connectivity index (χ4n) is 4.38. The number of carbonyl (C=O) groups excluding carboxylic acids is 1. The lowest BCUT2D eigenvalue weighted by Crippen LogP contribution is -2.52. The van der Waals surface area contributed by atoms with Crippen molar-refractivity contribution in [3.8, 4) is 5.75 Å². The maximum absolute atomic E-state index is 13.1. The van der Waals surface area contributed by atoms with E-state index in [4.69, 9.17) is 4.74 Å². The first-order valence-electron chi connectivity index (χ1n) is 11.7. The number of hydrogen-bond acceptors (Lipinski definition) is 6. The molecular formula is C26H32N2O5S. The summed E-state index contributed by atoms with van der Waals surface area (Å²) in [6.07, 6.45) is 5.48. The van der Waals surface area contributed by atoms with Crippen LogP contribution in [0.25, 0.3) is 10.9 Å². The first-order valence-corrected chi connectivity index (χ1v) is 13.3. The van der Waals surface area contributed by atoms with Gasteiger partial charge in [-0.2, -0.15) is 0 Å². The molecule has 0 atom stereocenters. The van der Waals surface area contributed by atoms with Gasteiger partial charge in [-0.3, -0.25) is 15.0 Å². The van der Waals surface area contributed by atoms with Crippen LogP contribution in [0.3, 0.4) is 0 Å². The second kappa shape index (κ2) is 11.4. The molecule has 0 spiro atoms. The summed E-state index contributed by atoms with van der Waals surface area (Å²) >= 11 is 0. The predicted molar refractivity (Wildman–Crippen MR) is 131 cm³/mol. The summed E-state index contributed by atoms with van der Waals surface area (Å²) in [6.45, 7) is 4.33. The smallest absolute Gasteiger partial charge is 0.233 e. The Balaban J connectivity index is 0.00000158. The topological polar surface area (TPSA) is 96.8 Å². The van der Waals surface area contributed by atoms with E-state index in [0.717, 1.165) is 35.7 Å². The van der Waals surface area contributed by atoms with Crippen LogP contribution in [0.4, 0.5) is 0 Å². The minimum absolute atomic E-state index is 0.142. The lowest BCUT2D eigenvalue weighted by Gasteiger charge is -2.40. The van der Waals surface area contributed by atoms with Crippen LogP contribution in [0.1, 0.15) is 51.5 Å². The lowest BCUT2D eigenvalue weighted by molar-refractivity contribution is -0.181. The van der Waals surface area contributed by atoms with Gasteiger partial charge in [0.1, 0.15) is 12.4 Å². The van der Waals surface area contributed by atoms with E-state index in [9.17, 15) is 18.4 Å². The van der Waals surface area contributed by atoms with Crippen LogP contribution in [-0.2, 0) is 21.2 Å². The predicted octanol–water partition coefficient (Wildman–Crippen LogP) is 5.16. The van der Waals surface area contributed by atoms with Crippen molar-refractivity contribution in [1.29, 1.82) is 0 Å². The van der Waals surface area contributed by atoms with Crippen molar-refractivity contribution in [3.05, 3.63) is 66.4 Å². The fourth-order valence-corrected chi connectivity index (χ4v) is 6.23. The number of aromatic nitrogens is 1. The van der Waals surface area contributed by atoms with Gasteiger partial charge in [-0.15, -0.1) is 0 Å². The van der Waals surface area contributed by atoms with E-state index in [1.165, 1.54) is 12.1 Å². The summed E-state index contributed by atoms with van der Waals surface area (Å²) in [5.74, 6) is 0.243. The van der Waals surface area contributed by atoms with Crippen LogP contribution in [0, 0.1) is 0 Å². The first kappa shape index (κ1) is 25.6. The zero-order valence-corrected chi connectivity index (χ0v) is 20.5. The largest absolute Gasteiger partial charge is 0.489 e. The molecule has 182 valence electrons. The Labute approximate surface area is 201 Å². The number of pyridine rings is 1. The Hall–Kier alpha value is -2.97. The molecule has 1 amide bonds. The maximum atomic E-state index is 13.1. The number of amides is 1. The minimum atomic E-state index is -3.71. The van der Waals surface area contributed by atoms with Gasteiger partial charge in [0.25, 0.3) is 0 Å². The molecule has 4 rings (SSSR count). The molecule has 3 aromatic rings. The average Bonchev–Trinajstić information content (AvgIpc) is 2.88. The second-order valence-electron chi connectivity index (χ2n) is 8.24. The SMILES string of the molecule is CC.O=CN(O)C1(CS(=O)(=O)c2ccc(OCc3ccnc4ccccc34)cc2)CCCCC1. The number of ether oxygens (including phenoxy) is 1. The van der Waals surface area contributed by atoms with Gasteiger partial charge >= 0.3 is 0 Å². The van der Waals surface area contributed by atoms with Crippen LogP contribution >= 0.6 is 0 Å². The number of fused-ring (bicyclic) bond motifs is 1. The van der Waals surface area contributed by atoms with Crippen molar-refractivity contribution in [2.45, 2.75) is 63.0 Å². The number of hydrogen-bond donors (Lipinski definition) is 1. The van der Waals surface area contributed by atoms with Crippen LogP contribution in [0.5, 0.6) is 5.75 Å². The van der Waals surface area contributed by atoms with Crippen LogP contribution < -0.4 is 4.74 Å². The Kier molecular flexibility index (Phi) is 8.63. The monoisotopic (exact) mass is 484 g/mol. The van der Waals surface area contributed by atoms with Crippen molar-refractivity contribution in [1.82, 2.24) is 10.0 Å². The van der Waals surface area contributed by atoms with Crippen molar-refractivity contribution in [2.24, 2.45) is 0 Å². The van der Waals surface area contributed by atoms with Crippen LogP contribution in [-0.4, -0.2) is 41.4 Å². The van der Waals surface area contributed by atoms with Gasteiger partial charge in [0.15, 0.2) is 9.84 Å². The highest BCUT2D eigenvalue weighted by molar-refractivity contribution is 7.91. The van der Waals surface area contributed by atoms with Gasteiger partial charge < -0.3 is 4.74 Å². The summed E-state index contributed by atoms with van der Waals surface area (Å²) in [4.78, 5) is 15.7. The highest BCUT2D eigenvalue weighted by atomic mass is 32.2. The third-order valence-electron chi connectivity index (χ3n) is 6.15. The van der Waals surface area contributed by atoms with E-state index < -0.39 is 15.4 Å². The summed E-state index contributed by atoms with van der Waals surface area (Å²) in [6, 6.07) is 16.0. The molecule has 2 aromatic carbocycles. The molecule has 0 bridgehead atoms. The maximum Gasteiger partial charge on any atom is 0.233 e. The van der Waals surface area contributed by atoms with Gasteiger partial charge in [-0.05, 0) is 49.2 Å². The number of carbonyl (C=O) groups is 1. The molecule has 1 aliphatic rings. The van der Waals surface area contributed by atoms with Gasteiger partial charge in [0, 0.05) is 17.1 Å². The fraction of sp³-hybridized carbons (Fsp3) is 0.385. The highest BCUT2D eigenvalue weighted by Crippen LogP contribution is 2.35. The van der Waals surface area contributed by atoms with Crippen molar-refractivity contribution < 1.29 is 23.2 Å². The molecule has 0 aliphatic heterocycles. The summed E-state index contributed by atoms with van der Waals surface area (Å²) in [5, 5.41) is 11.7. The van der Waals surface area contributed by atoms with Crippen molar-refractivity contribution in [2.75, 3.05) is 5.75 Å². The molecule has 34 heavy (non-hydrogen) atoms. The Morgan fingerprint density at radius 3 is 2.38 bits per heavy atom. The minimum Gasteiger partial charge on any atom is -0.489 e. The molecule has 1 heterocycles. The van der Waals surface area contributed by atoms with Crippen molar-refractivity contribution in [3.63, 3.8) is 0 Å². The molecule has 1 saturated carbocycles. The van der Waals surface area contributed by atoms with Crippen LogP contribution in [0.2, 0.25) is 0 Å². The quantitative estimate of drug-likeness (QED) is 0.269. The second-order valence-corrected chi connectivity index (χ2v) is 10.2. The number of hydroxylamine groups is 2. The van der Waals surface area contributed by atoms with Gasteiger partial charge in [0.2, 0.25) is 6.41 Å². The van der Waals surface area contributed by atoms with E-state index in [2.05, 4.69) is 4.98 Å². The van der Waals surface area contributed by atoms with Gasteiger partial charge in [0.05, 0.1) is 21.7 Å². The molecule has 8 heteroatoms. The molecule has 1 aromatic heterocycles. The molecule has 0 saturated heterocycles.